The number of benzene rings is 2. The van der Waals surface area contributed by atoms with Crippen molar-refractivity contribution in [1.82, 2.24) is 14.7 Å². The summed E-state index contributed by atoms with van der Waals surface area (Å²) in [6.07, 6.45) is 0. The lowest BCUT2D eigenvalue weighted by atomic mass is 10.1. The van der Waals surface area contributed by atoms with Gasteiger partial charge in [0.2, 0.25) is 18.5 Å². The first-order chi connectivity index (χ1) is 17.3. The SMILES string of the molecule is COc1ccc(NC(=O)Cn2c(C)cc(C)c(-c3nc(-c4ccc5c(c4)OCO5)no3)c2=O)cc1Cl. The number of nitrogens with zero attached hydrogens (tertiary/aromatic N) is 3. The molecule has 0 radical (unpaired) electrons. The molecule has 36 heavy (non-hydrogen) atoms. The van der Waals surface area contributed by atoms with Crippen LogP contribution in [-0.4, -0.2) is 34.5 Å². The van der Waals surface area contributed by atoms with E-state index in [4.69, 9.17) is 30.3 Å². The maximum atomic E-state index is 13.4. The summed E-state index contributed by atoms with van der Waals surface area (Å²) >= 11 is 6.14. The third-order valence-corrected chi connectivity index (χ3v) is 6.01. The second kappa shape index (κ2) is 9.38. The number of hydrogen-bond donors (Lipinski definition) is 1. The van der Waals surface area contributed by atoms with Gasteiger partial charge in [-0.05, 0) is 61.9 Å². The summed E-state index contributed by atoms with van der Waals surface area (Å²) in [7, 11) is 1.51. The zero-order chi connectivity index (χ0) is 25.4. The van der Waals surface area contributed by atoms with Gasteiger partial charge in [-0.3, -0.25) is 9.59 Å². The van der Waals surface area contributed by atoms with Crippen molar-refractivity contribution in [3.05, 3.63) is 69.1 Å². The molecule has 1 aliphatic rings. The Hall–Kier alpha value is -4.31. The Morgan fingerprint density at radius 1 is 1.14 bits per heavy atom. The molecule has 1 amide bonds. The van der Waals surface area contributed by atoms with Gasteiger partial charge in [-0.25, -0.2) is 0 Å². The maximum absolute atomic E-state index is 13.4. The summed E-state index contributed by atoms with van der Waals surface area (Å²) in [6, 6.07) is 11.9. The summed E-state index contributed by atoms with van der Waals surface area (Å²) in [4.78, 5) is 30.6. The normalized spacial score (nSPS) is 12.0. The van der Waals surface area contributed by atoms with Gasteiger partial charge in [-0.15, -0.1) is 0 Å². The smallest absolute Gasteiger partial charge is 0.264 e. The van der Waals surface area contributed by atoms with Gasteiger partial charge in [0.15, 0.2) is 11.5 Å². The van der Waals surface area contributed by atoms with Crippen LogP contribution in [0.1, 0.15) is 11.3 Å². The molecular weight excluding hydrogens is 488 g/mol. The molecule has 2 aromatic carbocycles. The molecule has 1 N–H and O–H groups in total. The highest BCUT2D eigenvalue weighted by atomic mass is 35.5. The Morgan fingerprint density at radius 3 is 2.72 bits per heavy atom. The standard InChI is InChI=1S/C25H21ClN4O6/c1-13-8-14(2)30(11-21(31)27-16-5-7-18(33-3)17(26)10-16)25(32)22(13)24-28-23(29-36-24)15-4-6-19-20(9-15)35-12-34-19/h4-10H,11-12H2,1-3H3,(H,27,31). The highest BCUT2D eigenvalue weighted by molar-refractivity contribution is 6.32. The van der Waals surface area contributed by atoms with Gasteiger partial charge in [0, 0.05) is 16.9 Å². The van der Waals surface area contributed by atoms with E-state index in [1.807, 2.05) is 0 Å². The molecular formula is C25H21ClN4O6. The predicted molar refractivity (Wildman–Crippen MR) is 132 cm³/mol. The Kier molecular flexibility index (Phi) is 6.11. The molecule has 0 spiro atoms. The van der Waals surface area contributed by atoms with E-state index in [9.17, 15) is 9.59 Å². The van der Waals surface area contributed by atoms with Gasteiger partial charge >= 0.3 is 0 Å². The predicted octanol–water partition coefficient (Wildman–Crippen LogP) is 4.21. The van der Waals surface area contributed by atoms with Crippen LogP contribution in [0.5, 0.6) is 17.2 Å². The maximum Gasteiger partial charge on any atom is 0.264 e. The van der Waals surface area contributed by atoms with E-state index in [0.29, 0.717) is 50.6 Å². The fourth-order valence-corrected chi connectivity index (χ4v) is 4.21. The van der Waals surface area contributed by atoms with Crippen LogP contribution < -0.4 is 25.1 Å². The molecule has 0 atom stereocenters. The number of amides is 1. The molecule has 2 aromatic heterocycles. The summed E-state index contributed by atoms with van der Waals surface area (Å²) in [5.74, 6) is 1.66. The molecule has 0 bridgehead atoms. The molecule has 1 aliphatic heterocycles. The average Bonchev–Trinajstić information content (AvgIpc) is 3.51. The van der Waals surface area contributed by atoms with Crippen molar-refractivity contribution in [2.24, 2.45) is 0 Å². The van der Waals surface area contributed by atoms with Crippen molar-refractivity contribution < 1.29 is 23.5 Å². The van der Waals surface area contributed by atoms with Crippen LogP contribution in [0, 0.1) is 13.8 Å². The minimum Gasteiger partial charge on any atom is -0.495 e. The molecule has 10 nitrogen and oxygen atoms in total. The Labute approximate surface area is 210 Å². The number of pyridine rings is 1. The number of fused-ring (bicyclic) bond motifs is 1. The highest BCUT2D eigenvalue weighted by Gasteiger charge is 2.22. The van der Waals surface area contributed by atoms with Gasteiger partial charge in [0.25, 0.3) is 11.4 Å². The van der Waals surface area contributed by atoms with Crippen LogP contribution in [0.2, 0.25) is 5.02 Å². The number of anilines is 1. The third-order valence-electron chi connectivity index (χ3n) is 5.71. The van der Waals surface area contributed by atoms with Gasteiger partial charge in [-0.2, -0.15) is 4.98 Å². The Balaban J connectivity index is 1.42. The van der Waals surface area contributed by atoms with Gasteiger partial charge in [0.05, 0.1) is 12.1 Å². The fourth-order valence-electron chi connectivity index (χ4n) is 3.95. The van der Waals surface area contributed by atoms with Crippen LogP contribution in [0.15, 0.2) is 51.8 Å². The molecule has 0 fully saturated rings. The Bertz CT molecular complexity index is 1540. The molecule has 0 saturated carbocycles. The van der Waals surface area contributed by atoms with Gasteiger partial charge < -0.3 is 28.6 Å². The largest absolute Gasteiger partial charge is 0.495 e. The van der Waals surface area contributed by atoms with Crippen molar-refractivity contribution in [1.29, 1.82) is 0 Å². The van der Waals surface area contributed by atoms with E-state index >= 15 is 0 Å². The van der Waals surface area contributed by atoms with Crippen LogP contribution >= 0.6 is 11.6 Å². The zero-order valence-electron chi connectivity index (χ0n) is 19.6. The second-order valence-electron chi connectivity index (χ2n) is 8.12. The molecule has 184 valence electrons. The number of methoxy groups -OCH3 is 1. The first-order valence-corrected chi connectivity index (χ1v) is 11.3. The molecule has 0 saturated heterocycles. The summed E-state index contributed by atoms with van der Waals surface area (Å²) < 4.78 is 22.7. The van der Waals surface area contributed by atoms with E-state index in [0.717, 1.165) is 0 Å². The number of hydrogen-bond acceptors (Lipinski definition) is 8. The molecule has 4 aromatic rings. The molecule has 0 aliphatic carbocycles. The number of rotatable bonds is 6. The van der Waals surface area contributed by atoms with Crippen molar-refractivity contribution in [3.8, 4) is 40.1 Å². The molecule has 3 heterocycles. The average molecular weight is 509 g/mol. The third kappa shape index (κ3) is 4.38. The minimum atomic E-state index is -0.420. The summed E-state index contributed by atoms with van der Waals surface area (Å²) in [5, 5.41) is 7.13. The Morgan fingerprint density at radius 2 is 1.94 bits per heavy atom. The second-order valence-corrected chi connectivity index (χ2v) is 8.53. The van der Waals surface area contributed by atoms with E-state index in [2.05, 4.69) is 15.5 Å². The van der Waals surface area contributed by atoms with Crippen molar-refractivity contribution in [2.75, 3.05) is 19.2 Å². The fraction of sp³-hybridized carbons (Fsp3) is 0.200. The lowest BCUT2D eigenvalue weighted by Gasteiger charge is -2.13. The summed E-state index contributed by atoms with van der Waals surface area (Å²) in [5.41, 5.74) is 2.19. The van der Waals surface area contributed by atoms with Crippen LogP contribution in [0.3, 0.4) is 0 Å². The van der Waals surface area contributed by atoms with E-state index in [1.54, 1.807) is 56.3 Å². The lowest BCUT2D eigenvalue weighted by Crippen LogP contribution is -2.30. The van der Waals surface area contributed by atoms with E-state index in [1.165, 1.54) is 11.7 Å². The van der Waals surface area contributed by atoms with Crippen LogP contribution in [-0.2, 0) is 11.3 Å². The zero-order valence-corrected chi connectivity index (χ0v) is 20.4. The highest BCUT2D eigenvalue weighted by Crippen LogP contribution is 2.35. The number of nitrogens with one attached hydrogen (secondary N) is 1. The van der Waals surface area contributed by atoms with E-state index < -0.39 is 11.5 Å². The first-order valence-electron chi connectivity index (χ1n) is 10.9. The summed E-state index contributed by atoms with van der Waals surface area (Å²) in [6.45, 7) is 3.46. The first kappa shape index (κ1) is 23.4. The van der Waals surface area contributed by atoms with E-state index in [-0.39, 0.29) is 24.8 Å². The quantitative estimate of drug-likeness (QED) is 0.411. The van der Waals surface area contributed by atoms with Gasteiger partial charge in [-0.1, -0.05) is 16.8 Å². The number of halogens is 1. The van der Waals surface area contributed by atoms with Gasteiger partial charge in [0.1, 0.15) is 17.9 Å². The van der Waals surface area contributed by atoms with Crippen LogP contribution in [0.4, 0.5) is 5.69 Å². The monoisotopic (exact) mass is 508 g/mol. The number of carbonyl (C=O) groups is 1. The number of aromatic nitrogens is 3. The number of aryl methyl sites for hydroxylation is 2. The number of ether oxygens (including phenoxy) is 3. The molecule has 11 heteroatoms. The van der Waals surface area contributed by atoms with Crippen molar-refractivity contribution in [3.63, 3.8) is 0 Å². The molecule has 5 rings (SSSR count). The van der Waals surface area contributed by atoms with Crippen molar-refractivity contribution in [2.45, 2.75) is 20.4 Å². The lowest BCUT2D eigenvalue weighted by molar-refractivity contribution is -0.116. The number of carbonyl (C=O) groups excluding carboxylic acids is 1. The molecule has 0 unspecified atom stereocenters. The van der Waals surface area contributed by atoms with Crippen molar-refractivity contribution >= 4 is 23.2 Å². The van der Waals surface area contributed by atoms with Crippen LogP contribution in [0.25, 0.3) is 22.8 Å². The minimum absolute atomic E-state index is 0.0567. The topological polar surface area (TPSA) is 118 Å².